The van der Waals surface area contributed by atoms with Gasteiger partial charge in [-0.1, -0.05) is 12.1 Å². The van der Waals surface area contributed by atoms with Crippen LogP contribution < -0.4 is 10.1 Å². The first-order valence-electron chi connectivity index (χ1n) is 7.18. The fraction of sp³-hybridized carbons (Fsp3) is 0.176. The molecule has 0 aliphatic rings. The van der Waals surface area contributed by atoms with Gasteiger partial charge in [-0.25, -0.2) is 0 Å². The molecule has 0 aliphatic heterocycles. The molecule has 0 bridgehead atoms. The van der Waals surface area contributed by atoms with Crippen LogP contribution in [0.5, 0.6) is 5.75 Å². The molecule has 7 heteroatoms. The second-order valence-electron chi connectivity index (χ2n) is 5.22. The fourth-order valence-electron chi connectivity index (χ4n) is 2.06. The second kappa shape index (κ2) is 7.36. The predicted octanol–water partition coefficient (Wildman–Crippen LogP) is 3.12. The molecule has 1 amide bonds. The van der Waals surface area contributed by atoms with Gasteiger partial charge in [0.05, 0.1) is 4.92 Å². The zero-order valence-electron chi connectivity index (χ0n) is 13.2. The molecule has 0 radical (unpaired) electrons. The summed E-state index contributed by atoms with van der Waals surface area (Å²) >= 11 is 0. The van der Waals surface area contributed by atoms with E-state index in [4.69, 9.17) is 4.74 Å². The van der Waals surface area contributed by atoms with Gasteiger partial charge in [0, 0.05) is 17.3 Å². The van der Waals surface area contributed by atoms with Gasteiger partial charge in [0.25, 0.3) is 5.91 Å². The molecule has 2 aromatic carbocycles. The number of nitro groups is 1. The van der Waals surface area contributed by atoms with Gasteiger partial charge >= 0.3 is 5.69 Å². The Balaban J connectivity index is 2.14. The van der Waals surface area contributed by atoms with E-state index in [1.165, 1.54) is 19.1 Å². The molecule has 0 fully saturated rings. The lowest BCUT2D eigenvalue weighted by atomic mass is 10.2. The second-order valence-corrected chi connectivity index (χ2v) is 5.22. The summed E-state index contributed by atoms with van der Waals surface area (Å²) in [6.45, 7) is 3.38. The van der Waals surface area contributed by atoms with Crippen LogP contribution in [0.25, 0.3) is 0 Å². The predicted molar refractivity (Wildman–Crippen MR) is 88.4 cm³/mol. The Morgan fingerprint density at radius 2 is 2.04 bits per heavy atom. The first kappa shape index (κ1) is 17.1. The van der Waals surface area contributed by atoms with Crippen molar-refractivity contribution in [2.24, 2.45) is 0 Å². The van der Waals surface area contributed by atoms with Crippen LogP contribution in [0, 0.1) is 17.0 Å². The van der Waals surface area contributed by atoms with Gasteiger partial charge in [0.1, 0.15) is 6.29 Å². The molecule has 0 aliphatic carbocycles. The Bertz CT molecular complexity index is 788. The maximum absolute atomic E-state index is 12.2. The Hall–Kier alpha value is -3.22. The van der Waals surface area contributed by atoms with E-state index < -0.39 is 16.9 Å². The number of aryl methyl sites for hydroxylation is 1. The van der Waals surface area contributed by atoms with Crippen molar-refractivity contribution >= 4 is 23.6 Å². The molecule has 0 spiro atoms. The van der Waals surface area contributed by atoms with E-state index in [9.17, 15) is 19.7 Å². The number of nitrogens with one attached hydrogen (secondary N) is 1. The topological polar surface area (TPSA) is 98.5 Å². The first-order valence-corrected chi connectivity index (χ1v) is 7.18. The highest BCUT2D eigenvalue weighted by atomic mass is 16.6. The third-order valence-electron chi connectivity index (χ3n) is 3.27. The summed E-state index contributed by atoms with van der Waals surface area (Å²) in [4.78, 5) is 33.3. The summed E-state index contributed by atoms with van der Waals surface area (Å²) in [7, 11) is 0. The molecule has 124 valence electrons. The fourth-order valence-corrected chi connectivity index (χ4v) is 2.06. The molecule has 0 aromatic heterocycles. The summed E-state index contributed by atoms with van der Waals surface area (Å²) in [6, 6.07) is 11.0. The maximum Gasteiger partial charge on any atom is 0.311 e. The molecule has 2 aromatic rings. The quantitative estimate of drug-likeness (QED) is 0.499. The van der Waals surface area contributed by atoms with Crippen molar-refractivity contribution in [3.8, 4) is 5.75 Å². The number of ether oxygens (including phenoxy) is 1. The largest absolute Gasteiger partial charge is 0.474 e. The third kappa shape index (κ3) is 4.16. The highest BCUT2D eigenvalue weighted by Gasteiger charge is 2.21. The van der Waals surface area contributed by atoms with Crippen LogP contribution in [-0.4, -0.2) is 23.2 Å². The van der Waals surface area contributed by atoms with Gasteiger partial charge in [0.2, 0.25) is 0 Å². The summed E-state index contributed by atoms with van der Waals surface area (Å²) in [6.07, 6.45) is -0.448. The van der Waals surface area contributed by atoms with Gasteiger partial charge in [-0.3, -0.25) is 19.7 Å². The lowest BCUT2D eigenvalue weighted by Gasteiger charge is -2.15. The van der Waals surface area contributed by atoms with Crippen molar-refractivity contribution in [2.45, 2.75) is 20.0 Å². The van der Waals surface area contributed by atoms with Crippen LogP contribution in [0.15, 0.2) is 42.5 Å². The molecule has 0 unspecified atom stereocenters. The highest BCUT2D eigenvalue weighted by molar-refractivity contribution is 5.94. The molecule has 0 saturated carbocycles. The van der Waals surface area contributed by atoms with Gasteiger partial charge in [-0.2, -0.15) is 0 Å². The Morgan fingerprint density at radius 3 is 2.67 bits per heavy atom. The summed E-state index contributed by atoms with van der Waals surface area (Å²) in [5.74, 6) is -0.508. The Kier molecular flexibility index (Phi) is 5.26. The van der Waals surface area contributed by atoms with E-state index in [-0.39, 0.29) is 17.0 Å². The number of carbonyl (C=O) groups excluding carboxylic acids is 2. The van der Waals surface area contributed by atoms with E-state index >= 15 is 0 Å². The molecule has 0 heterocycles. The van der Waals surface area contributed by atoms with E-state index in [1.807, 2.05) is 13.0 Å². The number of nitro benzene ring substituents is 1. The van der Waals surface area contributed by atoms with Crippen molar-refractivity contribution in [1.82, 2.24) is 0 Å². The monoisotopic (exact) mass is 328 g/mol. The number of amides is 1. The van der Waals surface area contributed by atoms with E-state index in [1.54, 1.807) is 18.2 Å². The van der Waals surface area contributed by atoms with Crippen LogP contribution in [0.4, 0.5) is 11.4 Å². The van der Waals surface area contributed by atoms with E-state index in [0.717, 1.165) is 11.6 Å². The minimum atomic E-state index is -0.953. The number of nitrogens with zero attached hydrogens (tertiary/aromatic N) is 1. The average molecular weight is 328 g/mol. The standard InChI is InChI=1S/C17H16N2O5/c1-11-4-3-5-14(8-11)18-17(21)12(2)24-16-7-6-13(10-20)9-15(16)19(22)23/h3-10,12H,1-2H3,(H,18,21)/t12-/m1/s1. The number of benzene rings is 2. The molecular formula is C17H16N2O5. The molecule has 0 saturated heterocycles. The minimum Gasteiger partial charge on any atom is -0.474 e. The molecular weight excluding hydrogens is 312 g/mol. The molecule has 1 N–H and O–H groups in total. The summed E-state index contributed by atoms with van der Waals surface area (Å²) < 4.78 is 5.40. The van der Waals surface area contributed by atoms with Crippen molar-refractivity contribution in [1.29, 1.82) is 0 Å². The molecule has 1 atom stereocenters. The summed E-state index contributed by atoms with van der Waals surface area (Å²) in [5.41, 5.74) is 1.39. The highest BCUT2D eigenvalue weighted by Crippen LogP contribution is 2.28. The average Bonchev–Trinajstić information content (AvgIpc) is 2.54. The van der Waals surface area contributed by atoms with Crippen molar-refractivity contribution in [3.63, 3.8) is 0 Å². The molecule has 2 rings (SSSR count). The van der Waals surface area contributed by atoms with E-state index in [2.05, 4.69) is 5.32 Å². The van der Waals surface area contributed by atoms with Crippen LogP contribution in [0.3, 0.4) is 0 Å². The third-order valence-corrected chi connectivity index (χ3v) is 3.27. The van der Waals surface area contributed by atoms with Gasteiger partial charge < -0.3 is 10.1 Å². The van der Waals surface area contributed by atoms with Crippen LogP contribution >= 0.6 is 0 Å². The van der Waals surface area contributed by atoms with Crippen molar-refractivity contribution in [3.05, 3.63) is 63.7 Å². The number of hydrogen-bond acceptors (Lipinski definition) is 5. The lowest BCUT2D eigenvalue weighted by molar-refractivity contribution is -0.386. The van der Waals surface area contributed by atoms with Crippen LogP contribution in [0.1, 0.15) is 22.8 Å². The SMILES string of the molecule is Cc1cccc(NC(=O)[C@@H](C)Oc2ccc(C=O)cc2[N+](=O)[O-])c1. The number of carbonyl (C=O) groups is 2. The smallest absolute Gasteiger partial charge is 0.311 e. The van der Waals surface area contributed by atoms with Crippen molar-refractivity contribution < 1.29 is 19.2 Å². The number of aldehydes is 1. The number of hydrogen-bond donors (Lipinski definition) is 1. The Labute approximate surface area is 138 Å². The van der Waals surface area contributed by atoms with E-state index in [0.29, 0.717) is 12.0 Å². The number of rotatable bonds is 6. The normalized spacial score (nSPS) is 11.4. The van der Waals surface area contributed by atoms with Gasteiger partial charge in [-0.15, -0.1) is 0 Å². The number of anilines is 1. The zero-order valence-corrected chi connectivity index (χ0v) is 13.2. The Morgan fingerprint density at radius 1 is 1.29 bits per heavy atom. The van der Waals surface area contributed by atoms with Crippen LogP contribution in [-0.2, 0) is 4.79 Å². The van der Waals surface area contributed by atoms with Gasteiger partial charge in [0.15, 0.2) is 11.9 Å². The summed E-state index contributed by atoms with van der Waals surface area (Å²) in [5, 5.41) is 13.8. The van der Waals surface area contributed by atoms with Crippen LogP contribution in [0.2, 0.25) is 0 Å². The zero-order chi connectivity index (χ0) is 17.7. The molecule has 7 nitrogen and oxygen atoms in total. The van der Waals surface area contributed by atoms with Crippen molar-refractivity contribution in [2.75, 3.05) is 5.32 Å². The minimum absolute atomic E-state index is 0.0718. The lowest BCUT2D eigenvalue weighted by Crippen LogP contribution is -2.30. The maximum atomic E-state index is 12.2. The van der Waals surface area contributed by atoms with Gasteiger partial charge in [-0.05, 0) is 43.7 Å². The molecule has 24 heavy (non-hydrogen) atoms. The first-order chi connectivity index (χ1) is 11.4.